The zero-order valence-electron chi connectivity index (χ0n) is 13.0. The Bertz CT molecular complexity index is 441. The van der Waals surface area contributed by atoms with Crippen LogP contribution in [0, 0.1) is 0 Å². The van der Waals surface area contributed by atoms with Gasteiger partial charge in [0.25, 0.3) is 0 Å². The van der Waals surface area contributed by atoms with Gasteiger partial charge in [-0.25, -0.2) is 0 Å². The molecule has 2 rings (SSSR count). The van der Waals surface area contributed by atoms with Crippen molar-refractivity contribution in [2.45, 2.75) is 6.92 Å². The first-order valence-electron chi connectivity index (χ1n) is 7.27. The van der Waals surface area contributed by atoms with E-state index < -0.39 is 0 Å². The van der Waals surface area contributed by atoms with Crippen LogP contribution in [0.3, 0.4) is 0 Å². The number of thioether (sulfide) groups is 1. The molecule has 0 atom stereocenters. The molecule has 1 saturated heterocycles. The predicted octanol–water partition coefficient (Wildman–Crippen LogP) is 0.939. The van der Waals surface area contributed by atoms with Gasteiger partial charge >= 0.3 is 0 Å². The van der Waals surface area contributed by atoms with Crippen LogP contribution in [0.25, 0.3) is 0 Å². The lowest BCUT2D eigenvalue weighted by Crippen LogP contribution is -2.38. The third-order valence-corrected chi connectivity index (χ3v) is 3.80. The summed E-state index contributed by atoms with van der Waals surface area (Å²) in [6.07, 6.45) is 2.10. The first-order valence-corrected chi connectivity index (χ1v) is 8.66. The average molecular weight is 312 g/mol. The minimum absolute atomic E-state index is 0.639. The fraction of sp³-hybridized carbons (Fsp3) is 0.769. The predicted molar refractivity (Wildman–Crippen MR) is 88.7 cm³/mol. The van der Waals surface area contributed by atoms with Crippen molar-refractivity contribution >= 4 is 29.6 Å². The molecule has 1 aliphatic heterocycles. The van der Waals surface area contributed by atoms with E-state index in [9.17, 15) is 0 Å². The number of morpholine rings is 1. The number of nitrogens with one attached hydrogen (secondary N) is 1. The zero-order valence-corrected chi connectivity index (χ0v) is 13.8. The van der Waals surface area contributed by atoms with Gasteiger partial charge in [0.15, 0.2) is 0 Å². The lowest BCUT2D eigenvalue weighted by molar-refractivity contribution is 0.122. The van der Waals surface area contributed by atoms with Gasteiger partial charge in [-0.3, -0.25) is 0 Å². The van der Waals surface area contributed by atoms with Crippen molar-refractivity contribution in [3.05, 3.63) is 0 Å². The summed E-state index contributed by atoms with van der Waals surface area (Å²) < 4.78 is 5.39. The number of hydrogen-bond donors (Lipinski definition) is 1. The molecule has 1 aromatic heterocycles. The molecule has 0 unspecified atom stereocenters. The van der Waals surface area contributed by atoms with E-state index >= 15 is 0 Å². The molecule has 0 saturated carbocycles. The molecule has 0 radical (unpaired) electrons. The highest BCUT2D eigenvalue weighted by Gasteiger charge is 2.17. The fourth-order valence-corrected chi connectivity index (χ4v) is 2.45. The van der Waals surface area contributed by atoms with Crippen LogP contribution in [0.4, 0.5) is 17.8 Å². The molecule has 0 aromatic carbocycles. The summed E-state index contributed by atoms with van der Waals surface area (Å²) in [4.78, 5) is 17.9. The molecule has 0 aliphatic carbocycles. The topological polar surface area (TPSA) is 66.4 Å². The van der Waals surface area contributed by atoms with Crippen molar-refractivity contribution in [3.63, 3.8) is 0 Å². The van der Waals surface area contributed by atoms with Crippen molar-refractivity contribution < 1.29 is 4.74 Å². The minimum atomic E-state index is 0.639. The summed E-state index contributed by atoms with van der Waals surface area (Å²) >= 11 is 1.82. The van der Waals surface area contributed by atoms with E-state index in [0.29, 0.717) is 5.95 Å². The summed E-state index contributed by atoms with van der Waals surface area (Å²) in [5.41, 5.74) is 0. The number of hydrogen-bond acceptors (Lipinski definition) is 8. The molecule has 8 heteroatoms. The maximum atomic E-state index is 5.39. The van der Waals surface area contributed by atoms with Gasteiger partial charge in [-0.1, -0.05) is 0 Å². The quantitative estimate of drug-likeness (QED) is 0.798. The lowest BCUT2D eigenvalue weighted by atomic mass is 10.4. The van der Waals surface area contributed by atoms with Crippen LogP contribution in [-0.4, -0.2) is 73.4 Å². The van der Waals surface area contributed by atoms with Gasteiger partial charge < -0.3 is 19.9 Å². The number of nitrogens with zero attached hydrogens (tertiary/aromatic N) is 5. The maximum Gasteiger partial charge on any atom is 0.232 e. The average Bonchev–Trinajstić information content (AvgIpc) is 2.53. The maximum absolute atomic E-state index is 5.39. The standard InChI is InChI=1S/C13H24N6OS/c1-4-14-11-15-12(18(2)7-10-21-3)17-13(16-11)19-5-8-20-9-6-19/h4-10H2,1-3H3,(H,14,15,16,17). The van der Waals surface area contributed by atoms with Crippen molar-refractivity contribution in [3.8, 4) is 0 Å². The summed E-state index contributed by atoms with van der Waals surface area (Å²) in [6.45, 7) is 6.84. The molecule has 118 valence electrons. The highest BCUT2D eigenvalue weighted by atomic mass is 32.2. The zero-order chi connectivity index (χ0) is 15.1. The van der Waals surface area contributed by atoms with Crippen LogP contribution in [-0.2, 0) is 4.74 Å². The Labute approximate surface area is 130 Å². The molecular formula is C13H24N6OS. The van der Waals surface area contributed by atoms with E-state index in [1.165, 1.54) is 0 Å². The second-order valence-corrected chi connectivity index (χ2v) is 5.79. The summed E-state index contributed by atoms with van der Waals surface area (Å²) in [7, 11) is 2.02. The highest BCUT2D eigenvalue weighted by Crippen LogP contribution is 2.17. The van der Waals surface area contributed by atoms with Gasteiger partial charge in [-0.05, 0) is 13.2 Å². The lowest BCUT2D eigenvalue weighted by Gasteiger charge is -2.28. The number of ether oxygens (including phenoxy) is 1. The Kier molecular flexibility index (Phi) is 6.31. The number of rotatable bonds is 7. The first-order chi connectivity index (χ1) is 10.2. The molecule has 2 heterocycles. The Hall–Kier alpha value is -1.28. The van der Waals surface area contributed by atoms with Gasteiger partial charge in [0.05, 0.1) is 13.2 Å². The van der Waals surface area contributed by atoms with Crippen LogP contribution in [0.2, 0.25) is 0 Å². The number of aromatic nitrogens is 3. The molecule has 1 fully saturated rings. The third-order valence-electron chi connectivity index (χ3n) is 3.21. The Morgan fingerprint density at radius 3 is 2.71 bits per heavy atom. The summed E-state index contributed by atoms with van der Waals surface area (Å²) in [5, 5.41) is 3.19. The van der Waals surface area contributed by atoms with Crippen molar-refractivity contribution in [1.29, 1.82) is 0 Å². The van der Waals surface area contributed by atoms with Crippen molar-refractivity contribution in [2.75, 3.05) is 73.6 Å². The van der Waals surface area contributed by atoms with E-state index in [2.05, 4.69) is 36.3 Å². The molecule has 1 N–H and O–H groups in total. The Balaban J connectivity index is 2.20. The molecule has 7 nitrogen and oxygen atoms in total. The summed E-state index contributed by atoms with van der Waals surface area (Å²) in [6, 6.07) is 0. The molecule has 1 aromatic rings. The van der Waals surface area contributed by atoms with Crippen molar-refractivity contribution in [1.82, 2.24) is 15.0 Å². The SMILES string of the molecule is CCNc1nc(N(C)CCSC)nc(N2CCOCC2)n1. The van der Waals surface area contributed by atoms with Gasteiger partial charge in [0, 0.05) is 39.0 Å². The first kappa shape index (κ1) is 16.1. The second-order valence-electron chi connectivity index (χ2n) is 4.80. The molecular weight excluding hydrogens is 288 g/mol. The van der Waals surface area contributed by atoms with Crippen LogP contribution in [0.15, 0.2) is 0 Å². The van der Waals surface area contributed by atoms with Crippen LogP contribution < -0.4 is 15.1 Å². The Morgan fingerprint density at radius 1 is 1.29 bits per heavy atom. The van der Waals surface area contributed by atoms with E-state index in [-0.39, 0.29) is 0 Å². The van der Waals surface area contributed by atoms with Gasteiger partial charge in [0.1, 0.15) is 0 Å². The van der Waals surface area contributed by atoms with Gasteiger partial charge in [-0.15, -0.1) is 0 Å². The molecule has 1 aliphatic rings. The second kappa shape index (κ2) is 8.23. The van der Waals surface area contributed by atoms with Crippen molar-refractivity contribution in [2.24, 2.45) is 0 Å². The fourth-order valence-electron chi connectivity index (χ4n) is 1.99. The molecule has 21 heavy (non-hydrogen) atoms. The minimum Gasteiger partial charge on any atom is -0.378 e. The third kappa shape index (κ3) is 4.60. The Morgan fingerprint density at radius 2 is 2.05 bits per heavy atom. The molecule has 0 spiro atoms. The van der Waals surface area contributed by atoms with Gasteiger partial charge in [0.2, 0.25) is 17.8 Å². The van der Waals surface area contributed by atoms with Gasteiger partial charge in [-0.2, -0.15) is 26.7 Å². The van der Waals surface area contributed by atoms with Crippen LogP contribution in [0.1, 0.15) is 6.92 Å². The molecule has 0 amide bonds. The molecule has 0 bridgehead atoms. The highest BCUT2D eigenvalue weighted by molar-refractivity contribution is 7.98. The smallest absolute Gasteiger partial charge is 0.232 e. The van der Waals surface area contributed by atoms with Crippen LogP contribution >= 0.6 is 11.8 Å². The normalized spacial score (nSPS) is 15.1. The van der Waals surface area contributed by atoms with E-state index in [1.54, 1.807) is 0 Å². The number of anilines is 3. The van der Waals surface area contributed by atoms with E-state index in [4.69, 9.17) is 4.74 Å². The van der Waals surface area contributed by atoms with Crippen LogP contribution in [0.5, 0.6) is 0 Å². The monoisotopic (exact) mass is 312 g/mol. The summed E-state index contributed by atoms with van der Waals surface area (Å²) in [5.74, 6) is 3.14. The van der Waals surface area contributed by atoms with E-state index in [0.717, 1.165) is 57.0 Å². The largest absolute Gasteiger partial charge is 0.378 e. The van der Waals surface area contributed by atoms with E-state index in [1.807, 2.05) is 25.7 Å².